The van der Waals surface area contributed by atoms with Crippen molar-refractivity contribution >= 4 is 5.97 Å². The maximum absolute atomic E-state index is 11.3. The third kappa shape index (κ3) is 5.67. The Labute approximate surface area is 81.7 Å². The number of ether oxygens (including phenoxy) is 1. The van der Waals surface area contributed by atoms with Gasteiger partial charge in [-0.2, -0.15) is 0 Å². The van der Waals surface area contributed by atoms with Gasteiger partial charge in [-0.1, -0.05) is 27.7 Å². The monoisotopic (exact) mass is 186 g/mol. The van der Waals surface area contributed by atoms with Crippen molar-refractivity contribution in [3.05, 3.63) is 0 Å². The average molecular weight is 186 g/mol. The SMILES string of the molecule is CCC(C)C(=O)OC(C)CC(C)C. The molecule has 0 spiro atoms. The van der Waals surface area contributed by atoms with Gasteiger partial charge in [0.15, 0.2) is 0 Å². The molecule has 0 saturated carbocycles. The van der Waals surface area contributed by atoms with Crippen LogP contribution in [0, 0.1) is 11.8 Å². The first kappa shape index (κ1) is 12.5. The van der Waals surface area contributed by atoms with Crippen molar-refractivity contribution in [3.8, 4) is 0 Å². The van der Waals surface area contributed by atoms with Crippen LogP contribution >= 0.6 is 0 Å². The van der Waals surface area contributed by atoms with Crippen LogP contribution in [0.5, 0.6) is 0 Å². The zero-order valence-corrected chi connectivity index (χ0v) is 9.46. The number of hydrogen-bond acceptors (Lipinski definition) is 2. The van der Waals surface area contributed by atoms with E-state index in [0.29, 0.717) is 5.92 Å². The van der Waals surface area contributed by atoms with Crippen molar-refractivity contribution < 1.29 is 9.53 Å². The summed E-state index contributed by atoms with van der Waals surface area (Å²) in [5.41, 5.74) is 0. The lowest BCUT2D eigenvalue weighted by Gasteiger charge is -2.17. The summed E-state index contributed by atoms with van der Waals surface area (Å²) in [7, 11) is 0. The van der Waals surface area contributed by atoms with Gasteiger partial charge in [0.25, 0.3) is 0 Å². The van der Waals surface area contributed by atoms with E-state index in [4.69, 9.17) is 4.74 Å². The largest absolute Gasteiger partial charge is 0.462 e. The second-order valence-corrected chi connectivity index (χ2v) is 4.19. The third-order valence-corrected chi connectivity index (χ3v) is 2.14. The quantitative estimate of drug-likeness (QED) is 0.617. The first-order valence-electron chi connectivity index (χ1n) is 5.17. The Bertz CT molecular complexity index is 152. The van der Waals surface area contributed by atoms with Crippen molar-refractivity contribution in [2.24, 2.45) is 11.8 Å². The second-order valence-electron chi connectivity index (χ2n) is 4.19. The zero-order chi connectivity index (χ0) is 10.4. The van der Waals surface area contributed by atoms with E-state index in [9.17, 15) is 4.79 Å². The maximum Gasteiger partial charge on any atom is 0.308 e. The van der Waals surface area contributed by atoms with Crippen molar-refractivity contribution in [2.45, 2.75) is 53.6 Å². The molecule has 0 amide bonds. The molecule has 0 rings (SSSR count). The van der Waals surface area contributed by atoms with E-state index in [0.717, 1.165) is 12.8 Å². The van der Waals surface area contributed by atoms with Crippen LogP contribution in [-0.2, 0) is 9.53 Å². The molecule has 78 valence electrons. The predicted octanol–water partition coefficient (Wildman–Crippen LogP) is 3.01. The first-order chi connectivity index (χ1) is 5.97. The highest BCUT2D eigenvalue weighted by Crippen LogP contribution is 2.11. The van der Waals surface area contributed by atoms with E-state index in [1.165, 1.54) is 0 Å². The molecule has 0 radical (unpaired) electrons. The molecule has 0 heterocycles. The Kier molecular flexibility index (Phi) is 5.76. The molecule has 0 N–H and O–H groups in total. The number of carbonyl (C=O) groups is 1. The van der Waals surface area contributed by atoms with Gasteiger partial charge in [0.05, 0.1) is 12.0 Å². The predicted molar refractivity (Wildman–Crippen MR) is 54.5 cm³/mol. The maximum atomic E-state index is 11.3. The zero-order valence-electron chi connectivity index (χ0n) is 9.46. The molecule has 0 aromatic carbocycles. The molecular weight excluding hydrogens is 164 g/mol. The van der Waals surface area contributed by atoms with Crippen LogP contribution in [0.3, 0.4) is 0 Å². The molecule has 0 aromatic heterocycles. The van der Waals surface area contributed by atoms with E-state index in [-0.39, 0.29) is 18.0 Å². The summed E-state index contributed by atoms with van der Waals surface area (Å²) in [6, 6.07) is 0. The van der Waals surface area contributed by atoms with Gasteiger partial charge < -0.3 is 4.74 Å². The number of esters is 1. The molecule has 0 aromatic rings. The fraction of sp³-hybridized carbons (Fsp3) is 0.909. The Morgan fingerprint density at radius 3 is 2.15 bits per heavy atom. The molecule has 0 bridgehead atoms. The molecule has 0 saturated heterocycles. The van der Waals surface area contributed by atoms with Crippen LogP contribution in [0.2, 0.25) is 0 Å². The van der Waals surface area contributed by atoms with Gasteiger partial charge in [-0.15, -0.1) is 0 Å². The summed E-state index contributed by atoms with van der Waals surface area (Å²) < 4.78 is 5.27. The van der Waals surface area contributed by atoms with Crippen molar-refractivity contribution in [1.82, 2.24) is 0 Å². The van der Waals surface area contributed by atoms with E-state index >= 15 is 0 Å². The van der Waals surface area contributed by atoms with Gasteiger partial charge in [0.1, 0.15) is 0 Å². The average Bonchev–Trinajstić information content (AvgIpc) is 2.01. The smallest absolute Gasteiger partial charge is 0.308 e. The highest BCUT2D eigenvalue weighted by Gasteiger charge is 2.15. The second kappa shape index (κ2) is 6.01. The van der Waals surface area contributed by atoms with Gasteiger partial charge in [0, 0.05) is 0 Å². The summed E-state index contributed by atoms with van der Waals surface area (Å²) in [4.78, 5) is 11.3. The first-order valence-corrected chi connectivity index (χ1v) is 5.17. The summed E-state index contributed by atoms with van der Waals surface area (Å²) in [5.74, 6) is 0.560. The topological polar surface area (TPSA) is 26.3 Å². The normalized spacial score (nSPS) is 15.5. The van der Waals surface area contributed by atoms with Crippen LogP contribution in [0.15, 0.2) is 0 Å². The Hall–Kier alpha value is -0.530. The molecule has 13 heavy (non-hydrogen) atoms. The van der Waals surface area contributed by atoms with Crippen LogP contribution in [0.25, 0.3) is 0 Å². The standard InChI is InChI=1S/C11H22O2/c1-6-9(4)11(12)13-10(5)7-8(2)3/h8-10H,6-7H2,1-5H3. The fourth-order valence-corrected chi connectivity index (χ4v) is 1.19. The molecule has 2 nitrogen and oxygen atoms in total. The lowest BCUT2D eigenvalue weighted by Crippen LogP contribution is -2.21. The van der Waals surface area contributed by atoms with Crippen LogP contribution in [0.1, 0.15) is 47.5 Å². The summed E-state index contributed by atoms with van der Waals surface area (Å²) >= 11 is 0. The summed E-state index contributed by atoms with van der Waals surface area (Å²) in [5, 5.41) is 0. The van der Waals surface area contributed by atoms with E-state index in [2.05, 4.69) is 13.8 Å². The number of hydrogen-bond donors (Lipinski definition) is 0. The van der Waals surface area contributed by atoms with E-state index in [1.807, 2.05) is 20.8 Å². The van der Waals surface area contributed by atoms with Crippen LogP contribution in [-0.4, -0.2) is 12.1 Å². The third-order valence-electron chi connectivity index (χ3n) is 2.14. The molecule has 0 aliphatic rings. The lowest BCUT2D eigenvalue weighted by molar-refractivity contribution is -0.153. The number of rotatable bonds is 5. The summed E-state index contributed by atoms with van der Waals surface area (Å²) in [6.45, 7) is 10.1. The van der Waals surface area contributed by atoms with Crippen LogP contribution < -0.4 is 0 Å². The summed E-state index contributed by atoms with van der Waals surface area (Å²) in [6.07, 6.45) is 1.86. The Morgan fingerprint density at radius 2 is 1.77 bits per heavy atom. The van der Waals surface area contributed by atoms with Gasteiger partial charge in [-0.25, -0.2) is 0 Å². The lowest BCUT2D eigenvalue weighted by atomic mass is 10.1. The van der Waals surface area contributed by atoms with Gasteiger partial charge in [-0.05, 0) is 25.7 Å². The highest BCUT2D eigenvalue weighted by molar-refractivity contribution is 5.72. The van der Waals surface area contributed by atoms with E-state index < -0.39 is 0 Å². The molecule has 0 aliphatic heterocycles. The van der Waals surface area contributed by atoms with Gasteiger partial charge in [-0.3, -0.25) is 4.79 Å². The molecule has 2 unspecified atom stereocenters. The highest BCUT2D eigenvalue weighted by atomic mass is 16.5. The molecule has 2 heteroatoms. The Morgan fingerprint density at radius 1 is 1.23 bits per heavy atom. The van der Waals surface area contributed by atoms with E-state index in [1.54, 1.807) is 0 Å². The Balaban J connectivity index is 3.77. The van der Waals surface area contributed by atoms with Gasteiger partial charge >= 0.3 is 5.97 Å². The van der Waals surface area contributed by atoms with Crippen molar-refractivity contribution in [3.63, 3.8) is 0 Å². The van der Waals surface area contributed by atoms with Crippen molar-refractivity contribution in [2.75, 3.05) is 0 Å². The van der Waals surface area contributed by atoms with Crippen molar-refractivity contribution in [1.29, 1.82) is 0 Å². The molecule has 2 atom stereocenters. The fourth-order valence-electron chi connectivity index (χ4n) is 1.19. The van der Waals surface area contributed by atoms with Gasteiger partial charge in [0.2, 0.25) is 0 Å². The molecular formula is C11H22O2. The minimum absolute atomic E-state index is 0.0367. The van der Waals surface area contributed by atoms with Crippen LogP contribution in [0.4, 0.5) is 0 Å². The minimum Gasteiger partial charge on any atom is -0.462 e. The minimum atomic E-state index is -0.0596. The molecule has 0 fully saturated rings. The molecule has 0 aliphatic carbocycles. The number of carbonyl (C=O) groups excluding carboxylic acids is 1.